The number of nitriles is 1. The first kappa shape index (κ1) is 13.9. The van der Waals surface area contributed by atoms with Gasteiger partial charge in [-0.25, -0.2) is 4.39 Å². The fourth-order valence-corrected chi connectivity index (χ4v) is 1.76. The Bertz CT molecular complexity index is 699. The molecule has 0 aromatic heterocycles. The molecule has 2 aromatic carbocycles. The lowest BCUT2D eigenvalue weighted by Crippen LogP contribution is -2.05. The van der Waals surface area contributed by atoms with Gasteiger partial charge in [0.15, 0.2) is 0 Å². The van der Waals surface area contributed by atoms with Crippen LogP contribution in [0.2, 0.25) is 0 Å². The highest BCUT2D eigenvalue weighted by atomic mass is 19.4. The maximum Gasteiger partial charge on any atom is 0.416 e. The number of alkyl halides is 3. The predicted molar refractivity (Wildman–Crippen MR) is 66.0 cm³/mol. The van der Waals surface area contributed by atoms with Crippen LogP contribution in [0.15, 0.2) is 36.4 Å². The summed E-state index contributed by atoms with van der Waals surface area (Å²) in [6, 6.07) is 8.25. The van der Waals surface area contributed by atoms with Crippen LogP contribution in [-0.4, -0.2) is 0 Å². The highest BCUT2D eigenvalue weighted by molar-refractivity contribution is 5.72. The van der Waals surface area contributed by atoms with Crippen molar-refractivity contribution in [3.05, 3.63) is 53.3 Å². The normalized spacial score (nSPS) is 11.2. The van der Waals surface area contributed by atoms with Crippen molar-refractivity contribution in [2.75, 3.05) is 5.73 Å². The quantitative estimate of drug-likeness (QED) is 0.634. The van der Waals surface area contributed by atoms with Crippen LogP contribution < -0.4 is 5.73 Å². The molecule has 0 spiro atoms. The summed E-state index contributed by atoms with van der Waals surface area (Å²) in [5, 5.41) is 8.96. The molecule has 2 nitrogen and oxygen atoms in total. The molecule has 0 saturated heterocycles. The number of hydrogen-bond donors (Lipinski definition) is 1. The van der Waals surface area contributed by atoms with E-state index in [9.17, 15) is 17.6 Å². The summed E-state index contributed by atoms with van der Waals surface area (Å²) in [4.78, 5) is 0. The molecule has 0 amide bonds. The van der Waals surface area contributed by atoms with E-state index in [0.717, 1.165) is 24.3 Å². The molecular weight excluding hydrogens is 272 g/mol. The van der Waals surface area contributed by atoms with Gasteiger partial charge in [0.2, 0.25) is 0 Å². The van der Waals surface area contributed by atoms with Gasteiger partial charge in [-0.1, -0.05) is 12.1 Å². The first-order valence-corrected chi connectivity index (χ1v) is 5.49. The Hall–Kier alpha value is -2.55. The summed E-state index contributed by atoms with van der Waals surface area (Å²) in [6.45, 7) is 0. The molecule has 2 aromatic rings. The average molecular weight is 280 g/mol. The molecule has 0 saturated carbocycles. The lowest BCUT2D eigenvalue weighted by Gasteiger charge is -2.10. The Morgan fingerprint density at radius 3 is 2.30 bits per heavy atom. The van der Waals surface area contributed by atoms with Gasteiger partial charge in [0.1, 0.15) is 5.82 Å². The molecular formula is C14H8F4N2. The number of halogens is 4. The summed E-state index contributed by atoms with van der Waals surface area (Å²) < 4.78 is 51.1. The third-order valence-corrected chi connectivity index (χ3v) is 2.78. The second kappa shape index (κ2) is 4.85. The maximum atomic E-state index is 13.4. The molecule has 0 heterocycles. The molecule has 0 aliphatic rings. The molecule has 2 rings (SSSR count). The van der Waals surface area contributed by atoms with Crippen molar-refractivity contribution in [3.8, 4) is 17.2 Å². The largest absolute Gasteiger partial charge is 0.416 e. The van der Waals surface area contributed by atoms with E-state index in [-0.39, 0.29) is 16.8 Å². The summed E-state index contributed by atoms with van der Waals surface area (Å²) >= 11 is 0. The van der Waals surface area contributed by atoms with E-state index in [4.69, 9.17) is 11.0 Å². The fourth-order valence-electron chi connectivity index (χ4n) is 1.76. The Balaban J connectivity index is 2.58. The smallest absolute Gasteiger partial charge is 0.396 e. The summed E-state index contributed by atoms with van der Waals surface area (Å²) in [7, 11) is 0. The fraction of sp³-hybridized carbons (Fsp3) is 0.0714. The monoisotopic (exact) mass is 280 g/mol. The van der Waals surface area contributed by atoms with Gasteiger partial charge >= 0.3 is 6.18 Å². The highest BCUT2D eigenvalue weighted by Gasteiger charge is 2.31. The number of nitrogens with two attached hydrogens (primary N) is 1. The molecule has 0 fully saturated rings. The van der Waals surface area contributed by atoms with E-state index in [0.29, 0.717) is 5.56 Å². The zero-order chi connectivity index (χ0) is 14.9. The lowest BCUT2D eigenvalue weighted by atomic mass is 9.97. The minimum absolute atomic E-state index is 0.0702. The van der Waals surface area contributed by atoms with Crippen molar-refractivity contribution in [2.45, 2.75) is 6.18 Å². The molecule has 0 unspecified atom stereocenters. The number of nitrogens with zero attached hydrogens (tertiary/aromatic N) is 1. The Kier molecular flexibility index (Phi) is 3.36. The molecule has 0 radical (unpaired) electrons. The van der Waals surface area contributed by atoms with E-state index in [1.807, 2.05) is 0 Å². The van der Waals surface area contributed by atoms with E-state index >= 15 is 0 Å². The number of benzene rings is 2. The van der Waals surface area contributed by atoms with Gasteiger partial charge in [0, 0.05) is 0 Å². The van der Waals surface area contributed by atoms with Gasteiger partial charge in [-0.2, -0.15) is 18.4 Å². The minimum Gasteiger partial charge on any atom is -0.396 e. The van der Waals surface area contributed by atoms with Crippen molar-refractivity contribution in [1.82, 2.24) is 0 Å². The van der Waals surface area contributed by atoms with E-state index < -0.39 is 17.6 Å². The first-order chi connectivity index (χ1) is 9.32. The minimum atomic E-state index is -4.53. The predicted octanol–water partition coefficient (Wildman–Crippen LogP) is 3.97. The van der Waals surface area contributed by atoms with Gasteiger partial charge in [0.25, 0.3) is 0 Å². The molecule has 6 heteroatoms. The molecule has 20 heavy (non-hydrogen) atoms. The summed E-state index contributed by atoms with van der Waals surface area (Å²) in [5.41, 5.74) is 4.68. The third-order valence-electron chi connectivity index (χ3n) is 2.78. The lowest BCUT2D eigenvalue weighted by molar-refractivity contribution is -0.137. The van der Waals surface area contributed by atoms with Crippen LogP contribution in [-0.2, 0) is 6.18 Å². The first-order valence-electron chi connectivity index (χ1n) is 5.49. The van der Waals surface area contributed by atoms with E-state index in [1.165, 1.54) is 12.1 Å². The molecule has 2 N–H and O–H groups in total. The van der Waals surface area contributed by atoms with Crippen LogP contribution in [0.5, 0.6) is 0 Å². The van der Waals surface area contributed by atoms with Crippen LogP contribution in [0.1, 0.15) is 11.1 Å². The van der Waals surface area contributed by atoms with E-state index in [2.05, 4.69) is 0 Å². The topological polar surface area (TPSA) is 49.8 Å². The van der Waals surface area contributed by atoms with Gasteiger partial charge in [0.05, 0.1) is 22.9 Å². The standard InChI is InChI=1S/C14H8F4N2/c15-12-6-8(1-4-13(12)20)11-3-2-10(14(16,17)18)5-9(11)7-19/h1-6H,20H2. The van der Waals surface area contributed by atoms with Crippen LogP contribution in [0.3, 0.4) is 0 Å². The third kappa shape index (κ3) is 2.57. The van der Waals surface area contributed by atoms with Crippen LogP contribution >= 0.6 is 0 Å². The van der Waals surface area contributed by atoms with Gasteiger partial charge in [-0.05, 0) is 35.4 Å². The van der Waals surface area contributed by atoms with E-state index in [1.54, 1.807) is 6.07 Å². The second-order valence-electron chi connectivity index (χ2n) is 4.11. The average Bonchev–Trinajstić information content (AvgIpc) is 2.40. The van der Waals surface area contributed by atoms with Crippen molar-refractivity contribution in [1.29, 1.82) is 5.26 Å². The Labute approximate surface area is 112 Å². The maximum absolute atomic E-state index is 13.4. The van der Waals surface area contributed by atoms with Gasteiger partial charge < -0.3 is 5.73 Å². The molecule has 0 bridgehead atoms. The van der Waals surface area contributed by atoms with Crippen molar-refractivity contribution < 1.29 is 17.6 Å². The van der Waals surface area contributed by atoms with Crippen molar-refractivity contribution in [2.24, 2.45) is 0 Å². The van der Waals surface area contributed by atoms with Gasteiger partial charge in [-0.3, -0.25) is 0 Å². The van der Waals surface area contributed by atoms with Crippen molar-refractivity contribution in [3.63, 3.8) is 0 Å². The molecule has 0 atom stereocenters. The SMILES string of the molecule is N#Cc1cc(C(F)(F)F)ccc1-c1ccc(N)c(F)c1. The van der Waals surface area contributed by atoms with Crippen LogP contribution in [0.4, 0.5) is 23.2 Å². The molecule has 0 aliphatic carbocycles. The number of nitrogen functional groups attached to an aromatic ring is 1. The highest BCUT2D eigenvalue weighted by Crippen LogP contribution is 2.33. The number of hydrogen-bond acceptors (Lipinski definition) is 2. The zero-order valence-electron chi connectivity index (χ0n) is 10.0. The number of rotatable bonds is 1. The molecule has 102 valence electrons. The van der Waals surface area contributed by atoms with Gasteiger partial charge in [-0.15, -0.1) is 0 Å². The Morgan fingerprint density at radius 1 is 1.05 bits per heavy atom. The Morgan fingerprint density at radius 2 is 1.75 bits per heavy atom. The van der Waals surface area contributed by atoms with Crippen LogP contribution in [0, 0.1) is 17.1 Å². The second-order valence-corrected chi connectivity index (χ2v) is 4.11. The summed E-state index contributed by atoms with van der Waals surface area (Å²) in [5.74, 6) is -0.689. The molecule has 0 aliphatic heterocycles. The number of anilines is 1. The summed E-state index contributed by atoms with van der Waals surface area (Å²) in [6.07, 6.45) is -4.53. The zero-order valence-corrected chi connectivity index (χ0v) is 10.0. The van der Waals surface area contributed by atoms with Crippen LogP contribution in [0.25, 0.3) is 11.1 Å². The van der Waals surface area contributed by atoms with Crippen molar-refractivity contribution >= 4 is 5.69 Å².